The highest BCUT2D eigenvalue weighted by atomic mass is 19.1. The fraction of sp³-hybridized carbons (Fsp3) is 0.316. The van der Waals surface area contributed by atoms with Crippen LogP contribution in [0.25, 0.3) is 0 Å². The van der Waals surface area contributed by atoms with Crippen molar-refractivity contribution in [3.63, 3.8) is 0 Å². The van der Waals surface area contributed by atoms with Gasteiger partial charge in [-0.1, -0.05) is 42.5 Å². The highest BCUT2D eigenvalue weighted by molar-refractivity contribution is 5.84. The Balaban J connectivity index is 1.83. The molecule has 0 aromatic heterocycles. The monoisotopic (exact) mass is 312 g/mol. The van der Waals surface area contributed by atoms with Crippen LogP contribution in [0.2, 0.25) is 0 Å². The molecule has 3 nitrogen and oxygen atoms in total. The number of amides is 1. The molecule has 120 valence electrons. The van der Waals surface area contributed by atoms with Crippen molar-refractivity contribution in [1.82, 2.24) is 10.2 Å². The van der Waals surface area contributed by atoms with Crippen molar-refractivity contribution >= 4 is 5.91 Å². The molecule has 1 aliphatic rings. The van der Waals surface area contributed by atoms with E-state index in [2.05, 4.69) is 5.32 Å². The Hall–Kier alpha value is -2.20. The van der Waals surface area contributed by atoms with Crippen molar-refractivity contribution < 1.29 is 9.18 Å². The Kier molecular flexibility index (Phi) is 4.18. The predicted molar refractivity (Wildman–Crippen MR) is 88.3 cm³/mol. The van der Waals surface area contributed by atoms with Gasteiger partial charge >= 0.3 is 0 Å². The molecule has 1 N–H and O–H groups in total. The minimum absolute atomic E-state index is 0.0954. The van der Waals surface area contributed by atoms with Crippen molar-refractivity contribution in [2.75, 3.05) is 14.1 Å². The van der Waals surface area contributed by atoms with Gasteiger partial charge in [0.15, 0.2) is 0 Å². The Morgan fingerprint density at radius 2 is 1.83 bits per heavy atom. The first kappa shape index (κ1) is 15.7. The van der Waals surface area contributed by atoms with E-state index in [9.17, 15) is 9.18 Å². The smallest absolute Gasteiger partial charge is 0.242 e. The number of hydrogen-bond acceptors (Lipinski definition) is 2. The largest absolute Gasteiger partial charge is 0.345 e. The van der Waals surface area contributed by atoms with Crippen LogP contribution in [0.15, 0.2) is 54.6 Å². The molecule has 0 bridgehead atoms. The molecule has 2 aromatic carbocycles. The molecule has 1 amide bonds. The topological polar surface area (TPSA) is 32.3 Å². The average molecular weight is 312 g/mol. The highest BCUT2D eigenvalue weighted by Crippen LogP contribution is 2.45. The number of benzene rings is 2. The van der Waals surface area contributed by atoms with Gasteiger partial charge in [-0.05, 0) is 50.2 Å². The summed E-state index contributed by atoms with van der Waals surface area (Å²) in [5, 5.41) is 3.18. The number of carbonyl (C=O) groups is 1. The number of likely N-dealkylation sites (N-methyl/N-ethyl adjacent to an activating group) is 1. The summed E-state index contributed by atoms with van der Waals surface area (Å²) in [5.74, 6) is -0.423. The van der Waals surface area contributed by atoms with Crippen molar-refractivity contribution in [2.45, 2.75) is 24.4 Å². The van der Waals surface area contributed by atoms with Crippen LogP contribution in [0.5, 0.6) is 0 Å². The van der Waals surface area contributed by atoms with E-state index in [-0.39, 0.29) is 17.3 Å². The van der Waals surface area contributed by atoms with Gasteiger partial charge in [-0.2, -0.15) is 0 Å². The van der Waals surface area contributed by atoms with E-state index in [1.54, 1.807) is 12.1 Å². The number of halogens is 1. The van der Waals surface area contributed by atoms with Crippen LogP contribution >= 0.6 is 0 Å². The average Bonchev–Trinajstić information content (AvgIpc) is 3.29. The summed E-state index contributed by atoms with van der Waals surface area (Å²) in [7, 11) is 3.66. The molecule has 0 aliphatic heterocycles. The zero-order valence-corrected chi connectivity index (χ0v) is 13.4. The SMILES string of the molecule is CN(C)C(C(=O)NC1(c2ccccc2)CC1)c1cccc(F)c1. The van der Waals surface area contributed by atoms with E-state index in [1.807, 2.05) is 49.3 Å². The maximum atomic E-state index is 13.5. The van der Waals surface area contributed by atoms with Crippen LogP contribution in [-0.2, 0) is 10.3 Å². The maximum absolute atomic E-state index is 13.5. The number of hydrogen-bond donors (Lipinski definition) is 1. The second kappa shape index (κ2) is 6.13. The minimum Gasteiger partial charge on any atom is -0.345 e. The summed E-state index contributed by atoms with van der Waals surface area (Å²) in [6, 6.07) is 15.7. The minimum atomic E-state index is -0.508. The molecule has 23 heavy (non-hydrogen) atoms. The quantitative estimate of drug-likeness (QED) is 0.919. The Morgan fingerprint density at radius 3 is 2.39 bits per heavy atom. The summed E-state index contributed by atoms with van der Waals surface area (Å²) in [6.07, 6.45) is 1.87. The number of nitrogens with zero attached hydrogens (tertiary/aromatic N) is 1. The fourth-order valence-electron chi connectivity index (χ4n) is 3.03. The normalized spacial score (nSPS) is 16.9. The first-order valence-corrected chi connectivity index (χ1v) is 7.81. The molecular formula is C19H21FN2O. The van der Waals surface area contributed by atoms with Crippen molar-refractivity contribution in [1.29, 1.82) is 0 Å². The molecule has 1 aliphatic carbocycles. The Morgan fingerprint density at radius 1 is 1.13 bits per heavy atom. The van der Waals surface area contributed by atoms with Crippen molar-refractivity contribution in [3.8, 4) is 0 Å². The molecule has 4 heteroatoms. The molecule has 0 spiro atoms. The number of carbonyl (C=O) groups excluding carboxylic acids is 1. The van der Waals surface area contributed by atoms with Gasteiger partial charge in [0.1, 0.15) is 11.9 Å². The lowest BCUT2D eigenvalue weighted by atomic mass is 10.0. The van der Waals surface area contributed by atoms with E-state index in [1.165, 1.54) is 12.1 Å². The third-order valence-electron chi connectivity index (χ3n) is 4.37. The summed E-state index contributed by atoms with van der Waals surface area (Å²) in [6.45, 7) is 0. The zero-order valence-electron chi connectivity index (χ0n) is 13.4. The van der Waals surface area contributed by atoms with Crippen LogP contribution in [0.1, 0.15) is 30.0 Å². The molecule has 0 radical (unpaired) electrons. The first-order valence-electron chi connectivity index (χ1n) is 7.81. The summed E-state index contributed by atoms with van der Waals surface area (Å²) in [5.41, 5.74) is 1.53. The van der Waals surface area contributed by atoms with Crippen LogP contribution in [0, 0.1) is 5.82 Å². The number of rotatable bonds is 5. The third-order valence-corrected chi connectivity index (χ3v) is 4.37. The Labute approximate surface area is 136 Å². The van der Waals surface area contributed by atoms with Gasteiger partial charge in [-0.25, -0.2) is 4.39 Å². The highest BCUT2D eigenvalue weighted by Gasteiger charge is 2.46. The van der Waals surface area contributed by atoms with Crippen LogP contribution < -0.4 is 5.32 Å². The second-order valence-electron chi connectivity index (χ2n) is 6.36. The summed E-state index contributed by atoms with van der Waals surface area (Å²) < 4.78 is 13.5. The predicted octanol–water partition coefficient (Wildman–Crippen LogP) is 3.23. The molecular weight excluding hydrogens is 291 g/mol. The van der Waals surface area contributed by atoms with Gasteiger partial charge in [-0.3, -0.25) is 9.69 Å². The molecule has 0 heterocycles. The van der Waals surface area contributed by atoms with Gasteiger partial charge in [0.25, 0.3) is 0 Å². The van der Waals surface area contributed by atoms with Crippen LogP contribution in [0.3, 0.4) is 0 Å². The maximum Gasteiger partial charge on any atom is 0.242 e. The van der Waals surface area contributed by atoms with Gasteiger partial charge in [0, 0.05) is 0 Å². The first-order chi connectivity index (χ1) is 11.0. The third kappa shape index (κ3) is 3.27. The molecule has 1 fully saturated rings. The lowest BCUT2D eigenvalue weighted by Crippen LogP contribution is -2.42. The molecule has 2 aromatic rings. The van der Waals surface area contributed by atoms with Gasteiger partial charge in [-0.15, -0.1) is 0 Å². The van der Waals surface area contributed by atoms with E-state index < -0.39 is 6.04 Å². The Bertz CT molecular complexity index is 696. The second-order valence-corrected chi connectivity index (χ2v) is 6.36. The van der Waals surface area contributed by atoms with Crippen molar-refractivity contribution in [2.24, 2.45) is 0 Å². The summed E-state index contributed by atoms with van der Waals surface area (Å²) in [4.78, 5) is 14.7. The lowest BCUT2D eigenvalue weighted by Gasteiger charge is -2.27. The molecule has 3 rings (SSSR count). The standard InChI is InChI=1S/C19H21FN2O/c1-22(2)17(14-7-6-10-16(20)13-14)18(23)21-19(11-12-19)15-8-4-3-5-9-15/h3-10,13,17H,11-12H2,1-2H3,(H,21,23). The van der Waals surface area contributed by atoms with Crippen molar-refractivity contribution in [3.05, 3.63) is 71.5 Å². The zero-order chi connectivity index (χ0) is 16.4. The summed E-state index contributed by atoms with van der Waals surface area (Å²) >= 11 is 0. The van der Waals surface area contributed by atoms with Gasteiger partial charge < -0.3 is 5.32 Å². The molecule has 1 unspecified atom stereocenters. The van der Waals surface area contributed by atoms with E-state index in [0.29, 0.717) is 5.56 Å². The molecule has 1 saturated carbocycles. The van der Waals surface area contributed by atoms with Crippen LogP contribution in [0.4, 0.5) is 4.39 Å². The van der Waals surface area contributed by atoms with Gasteiger partial charge in [0.2, 0.25) is 5.91 Å². The van der Waals surface area contributed by atoms with E-state index in [4.69, 9.17) is 0 Å². The van der Waals surface area contributed by atoms with Gasteiger partial charge in [0.05, 0.1) is 5.54 Å². The fourth-order valence-corrected chi connectivity index (χ4v) is 3.03. The molecule has 0 saturated heterocycles. The lowest BCUT2D eigenvalue weighted by molar-refractivity contribution is -0.126. The number of nitrogens with one attached hydrogen (secondary N) is 1. The van der Waals surface area contributed by atoms with E-state index in [0.717, 1.165) is 18.4 Å². The van der Waals surface area contributed by atoms with Crippen LogP contribution in [-0.4, -0.2) is 24.9 Å². The van der Waals surface area contributed by atoms with E-state index >= 15 is 0 Å². The molecule has 1 atom stereocenters.